The third-order valence-electron chi connectivity index (χ3n) is 4.64. The fourth-order valence-electron chi connectivity index (χ4n) is 3.71. The van der Waals surface area contributed by atoms with Gasteiger partial charge in [-0.3, -0.25) is 0 Å². The van der Waals surface area contributed by atoms with Gasteiger partial charge in [-0.05, 0) is 65.1 Å². The molecule has 0 N–H and O–H groups in total. The third-order valence-corrected chi connectivity index (χ3v) is 4.64. The normalized spacial score (nSPS) is 16.0. The molecule has 0 amide bonds. The highest BCUT2D eigenvalue weighted by Gasteiger charge is 2.22. The number of benzene rings is 3. The molecule has 0 spiro atoms. The van der Waals surface area contributed by atoms with Crippen LogP contribution in [0.3, 0.4) is 0 Å². The lowest BCUT2D eigenvalue weighted by Crippen LogP contribution is -2.04. The van der Waals surface area contributed by atoms with Crippen LogP contribution in [0.25, 0.3) is 21.5 Å². The zero-order valence-corrected chi connectivity index (χ0v) is 10.7. The highest BCUT2D eigenvalue weighted by Crippen LogP contribution is 2.49. The van der Waals surface area contributed by atoms with Crippen molar-refractivity contribution in [3.05, 3.63) is 47.5 Å². The van der Waals surface area contributed by atoms with E-state index in [-0.39, 0.29) is 0 Å². The van der Waals surface area contributed by atoms with Crippen molar-refractivity contribution in [2.24, 2.45) is 0 Å². The topological polar surface area (TPSA) is 9.23 Å². The van der Waals surface area contributed by atoms with E-state index in [0.717, 1.165) is 11.5 Å². The highest BCUT2D eigenvalue weighted by atomic mass is 16.5. The molecule has 0 atom stereocenters. The first kappa shape index (κ1) is 9.85. The van der Waals surface area contributed by atoms with Gasteiger partial charge in [-0.25, -0.2) is 0 Å². The Hall–Kier alpha value is -2.02. The average molecular weight is 246 g/mol. The van der Waals surface area contributed by atoms with E-state index in [0.29, 0.717) is 0 Å². The Labute approximate surface area is 111 Å². The van der Waals surface area contributed by atoms with E-state index in [1.54, 1.807) is 11.1 Å². The molecule has 1 nitrogen and oxygen atoms in total. The number of rotatable bonds is 0. The second-order valence-corrected chi connectivity index (χ2v) is 5.66. The summed E-state index contributed by atoms with van der Waals surface area (Å²) in [7, 11) is 0. The molecule has 1 aliphatic heterocycles. The van der Waals surface area contributed by atoms with Crippen molar-refractivity contribution in [3.63, 3.8) is 0 Å². The lowest BCUT2D eigenvalue weighted by Gasteiger charge is -2.24. The van der Waals surface area contributed by atoms with Gasteiger partial charge in [0, 0.05) is 0 Å². The molecule has 0 bridgehead atoms. The Morgan fingerprint density at radius 1 is 0.789 bits per heavy atom. The van der Waals surface area contributed by atoms with Gasteiger partial charge in [0.1, 0.15) is 11.5 Å². The van der Waals surface area contributed by atoms with Crippen LogP contribution in [0.15, 0.2) is 36.4 Å². The summed E-state index contributed by atoms with van der Waals surface area (Å²) in [6, 6.07) is 13.3. The molecule has 5 rings (SSSR count). The minimum atomic E-state index is 1.03. The van der Waals surface area contributed by atoms with E-state index in [9.17, 15) is 0 Å². The van der Waals surface area contributed by atoms with Gasteiger partial charge < -0.3 is 4.74 Å². The Balaban J connectivity index is 1.99. The fraction of sp³-hybridized carbons (Fsp3) is 0.222. The molecule has 0 radical (unpaired) electrons. The van der Waals surface area contributed by atoms with Crippen LogP contribution in [0.5, 0.6) is 11.5 Å². The van der Waals surface area contributed by atoms with E-state index in [4.69, 9.17) is 4.74 Å². The summed E-state index contributed by atoms with van der Waals surface area (Å²) in [5.41, 5.74) is 3.10. The van der Waals surface area contributed by atoms with Crippen molar-refractivity contribution in [1.82, 2.24) is 0 Å². The van der Waals surface area contributed by atoms with E-state index in [1.165, 1.54) is 47.2 Å². The SMILES string of the molecule is c1cc2c3c(cc4c5c(ccc4c3c1)CCCC5)O2. The maximum atomic E-state index is 5.77. The second kappa shape index (κ2) is 3.30. The molecule has 0 saturated carbocycles. The van der Waals surface area contributed by atoms with E-state index < -0.39 is 0 Å². The van der Waals surface area contributed by atoms with Crippen LogP contribution in [-0.2, 0) is 12.8 Å². The molecule has 1 aliphatic carbocycles. The summed E-state index contributed by atoms with van der Waals surface area (Å²) in [6.07, 6.45) is 5.11. The Morgan fingerprint density at radius 3 is 2.74 bits per heavy atom. The molecule has 0 fully saturated rings. The van der Waals surface area contributed by atoms with Crippen molar-refractivity contribution >= 4 is 21.5 Å². The summed E-state index contributed by atoms with van der Waals surface area (Å²) in [5.74, 6) is 2.10. The van der Waals surface area contributed by atoms with Crippen LogP contribution in [0, 0.1) is 0 Å². The number of fused-ring (bicyclic) bond motifs is 4. The zero-order valence-electron chi connectivity index (χ0n) is 10.7. The van der Waals surface area contributed by atoms with Gasteiger partial charge in [0.25, 0.3) is 0 Å². The first-order chi connectivity index (χ1) is 9.42. The Kier molecular flexibility index (Phi) is 1.71. The van der Waals surface area contributed by atoms with Gasteiger partial charge in [0.2, 0.25) is 0 Å². The van der Waals surface area contributed by atoms with Crippen LogP contribution in [0.1, 0.15) is 24.0 Å². The predicted octanol–water partition coefficient (Wildman–Crippen LogP) is 4.98. The summed E-state index contributed by atoms with van der Waals surface area (Å²) < 4.78 is 5.77. The second-order valence-electron chi connectivity index (χ2n) is 5.66. The van der Waals surface area contributed by atoms with Crippen molar-refractivity contribution in [3.8, 4) is 11.5 Å². The van der Waals surface area contributed by atoms with Gasteiger partial charge >= 0.3 is 0 Å². The van der Waals surface area contributed by atoms with Crippen LogP contribution in [0.2, 0.25) is 0 Å². The monoisotopic (exact) mass is 246 g/mol. The molecule has 0 saturated heterocycles. The van der Waals surface area contributed by atoms with Gasteiger partial charge in [-0.1, -0.05) is 24.3 Å². The predicted molar refractivity (Wildman–Crippen MR) is 78.2 cm³/mol. The number of ether oxygens (including phenoxy) is 1. The Bertz CT molecular complexity index is 845. The van der Waals surface area contributed by atoms with Crippen molar-refractivity contribution in [2.45, 2.75) is 25.7 Å². The van der Waals surface area contributed by atoms with Crippen molar-refractivity contribution in [2.75, 3.05) is 0 Å². The molecule has 3 aromatic carbocycles. The zero-order chi connectivity index (χ0) is 12.4. The fourth-order valence-corrected chi connectivity index (χ4v) is 3.71. The molecule has 0 aromatic heterocycles. The first-order valence-electron chi connectivity index (χ1n) is 7.10. The van der Waals surface area contributed by atoms with Gasteiger partial charge in [-0.15, -0.1) is 0 Å². The minimum Gasteiger partial charge on any atom is -0.456 e. The molecule has 1 heterocycles. The summed E-state index contributed by atoms with van der Waals surface area (Å²) in [6.45, 7) is 0. The van der Waals surface area contributed by atoms with Crippen LogP contribution >= 0.6 is 0 Å². The lowest BCUT2D eigenvalue weighted by atomic mass is 9.86. The maximum absolute atomic E-state index is 5.77. The molecular formula is C18H14O. The van der Waals surface area contributed by atoms with Crippen LogP contribution in [0.4, 0.5) is 0 Å². The average Bonchev–Trinajstić information content (AvgIpc) is 2.45. The molecule has 3 aromatic rings. The molecule has 2 aliphatic rings. The van der Waals surface area contributed by atoms with Gasteiger partial charge in [0.15, 0.2) is 0 Å². The van der Waals surface area contributed by atoms with E-state index >= 15 is 0 Å². The quantitative estimate of drug-likeness (QED) is 0.398. The first-order valence-corrected chi connectivity index (χ1v) is 7.10. The minimum absolute atomic E-state index is 1.03. The molecule has 19 heavy (non-hydrogen) atoms. The van der Waals surface area contributed by atoms with E-state index in [2.05, 4.69) is 36.4 Å². The van der Waals surface area contributed by atoms with Crippen molar-refractivity contribution in [1.29, 1.82) is 0 Å². The third kappa shape index (κ3) is 1.16. The smallest absolute Gasteiger partial charge is 0.139 e. The Morgan fingerprint density at radius 2 is 1.74 bits per heavy atom. The van der Waals surface area contributed by atoms with Gasteiger partial charge in [0.05, 0.1) is 5.39 Å². The maximum Gasteiger partial charge on any atom is 0.139 e. The lowest BCUT2D eigenvalue weighted by molar-refractivity contribution is 0.462. The van der Waals surface area contributed by atoms with Crippen LogP contribution < -0.4 is 4.74 Å². The highest BCUT2D eigenvalue weighted by molar-refractivity contribution is 6.15. The van der Waals surface area contributed by atoms with E-state index in [1.807, 2.05) is 0 Å². The molecule has 0 unspecified atom stereocenters. The number of hydrogen-bond acceptors (Lipinski definition) is 1. The number of aryl methyl sites for hydroxylation is 2. The molecular weight excluding hydrogens is 232 g/mol. The summed E-state index contributed by atoms with van der Waals surface area (Å²) in [4.78, 5) is 0. The largest absolute Gasteiger partial charge is 0.456 e. The van der Waals surface area contributed by atoms with Gasteiger partial charge in [-0.2, -0.15) is 0 Å². The summed E-state index contributed by atoms with van der Waals surface area (Å²) >= 11 is 0. The molecule has 92 valence electrons. The summed E-state index contributed by atoms with van der Waals surface area (Å²) in [5, 5.41) is 5.47. The standard InChI is InChI=1S/C18H14O/c1-2-5-12-11(4-1)8-9-13-14-6-3-7-16-18(14)17(19-16)10-15(12)13/h3,6-10H,1-2,4-5H2. The molecule has 1 heteroatoms. The van der Waals surface area contributed by atoms with Crippen LogP contribution in [-0.4, -0.2) is 0 Å². The number of hydrogen-bond donors (Lipinski definition) is 0. The van der Waals surface area contributed by atoms with Crippen molar-refractivity contribution < 1.29 is 4.74 Å².